The number of nitrogens with zero attached hydrogens (tertiary/aromatic N) is 2. The van der Waals surface area contributed by atoms with E-state index in [-0.39, 0.29) is 11.7 Å². The van der Waals surface area contributed by atoms with Crippen molar-refractivity contribution < 1.29 is 9.18 Å². The van der Waals surface area contributed by atoms with E-state index in [1.807, 2.05) is 19.0 Å². The third-order valence-corrected chi connectivity index (χ3v) is 4.22. The summed E-state index contributed by atoms with van der Waals surface area (Å²) in [7, 11) is 4.03. The lowest BCUT2D eigenvalue weighted by molar-refractivity contribution is 0.0667. The van der Waals surface area contributed by atoms with Gasteiger partial charge in [0.25, 0.3) is 5.91 Å². The third-order valence-electron chi connectivity index (χ3n) is 4.22. The molecule has 1 fully saturated rings. The minimum absolute atomic E-state index is 0.0341. The quantitative estimate of drug-likeness (QED) is 0.832. The molecule has 1 aliphatic carbocycles. The fraction of sp³-hybridized carbons (Fsp3) is 0.588. The van der Waals surface area contributed by atoms with Gasteiger partial charge >= 0.3 is 0 Å². The topological polar surface area (TPSA) is 23.6 Å². The lowest BCUT2D eigenvalue weighted by Crippen LogP contribution is -2.42. The Kier molecular flexibility index (Phi) is 5.34. The monoisotopic (exact) mass is 292 g/mol. The molecule has 21 heavy (non-hydrogen) atoms. The zero-order valence-electron chi connectivity index (χ0n) is 13.2. The number of aryl methyl sites for hydroxylation is 1. The van der Waals surface area contributed by atoms with Gasteiger partial charge in [-0.3, -0.25) is 4.79 Å². The van der Waals surface area contributed by atoms with Crippen molar-refractivity contribution >= 4 is 5.91 Å². The second-order valence-electron chi connectivity index (χ2n) is 6.20. The first kappa shape index (κ1) is 16.0. The molecule has 1 aromatic rings. The number of hydrogen-bond donors (Lipinski definition) is 0. The highest BCUT2D eigenvalue weighted by molar-refractivity contribution is 5.94. The molecule has 0 bridgehead atoms. The summed E-state index contributed by atoms with van der Waals surface area (Å²) in [5.74, 6) is -0.223. The van der Waals surface area contributed by atoms with Crippen LogP contribution in [0.25, 0.3) is 0 Å². The van der Waals surface area contributed by atoms with Crippen LogP contribution in [-0.4, -0.2) is 48.9 Å². The molecule has 0 heterocycles. The van der Waals surface area contributed by atoms with Crippen LogP contribution < -0.4 is 0 Å². The second kappa shape index (κ2) is 7.03. The maximum absolute atomic E-state index is 13.4. The van der Waals surface area contributed by atoms with Gasteiger partial charge in [0, 0.05) is 24.7 Å². The number of halogens is 1. The van der Waals surface area contributed by atoms with Crippen LogP contribution in [0.2, 0.25) is 0 Å². The third kappa shape index (κ3) is 4.03. The summed E-state index contributed by atoms with van der Waals surface area (Å²) in [6.07, 6.45) is 4.55. The average molecular weight is 292 g/mol. The Bertz CT molecular complexity index is 496. The molecule has 0 radical (unpaired) electrons. The summed E-state index contributed by atoms with van der Waals surface area (Å²) < 4.78 is 13.4. The molecule has 1 amide bonds. The molecule has 0 unspecified atom stereocenters. The molecule has 2 rings (SSSR count). The molecular weight excluding hydrogens is 267 g/mol. The largest absolute Gasteiger partial charge is 0.334 e. The smallest absolute Gasteiger partial charge is 0.254 e. The zero-order valence-corrected chi connectivity index (χ0v) is 13.2. The van der Waals surface area contributed by atoms with Gasteiger partial charge in [-0.25, -0.2) is 4.39 Å². The van der Waals surface area contributed by atoms with E-state index in [0.29, 0.717) is 17.2 Å². The van der Waals surface area contributed by atoms with Crippen LogP contribution >= 0.6 is 0 Å². The van der Waals surface area contributed by atoms with E-state index in [2.05, 4.69) is 4.90 Å². The Labute approximate surface area is 126 Å². The SMILES string of the molecule is Cc1cc(C(=O)N(CCN(C)C)C2CCCC2)ccc1F. The predicted molar refractivity (Wildman–Crippen MR) is 83.0 cm³/mol. The van der Waals surface area contributed by atoms with Crippen LogP contribution in [0.15, 0.2) is 18.2 Å². The Hall–Kier alpha value is -1.42. The maximum Gasteiger partial charge on any atom is 0.254 e. The van der Waals surface area contributed by atoms with Crippen molar-refractivity contribution in [1.82, 2.24) is 9.80 Å². The molecule has 1 aromatic carbocycles. The number of likely N-dealkylation sites (N-methyl/N-ethyl adjacent to an activating group) is 1. The molecule has 0 aliphatic heterocycles. The molecule has 0 saturated heterocycles. The van der Waals surface area contributed by atoms with E-state index in [1.54, 1.807) is 19.1 Å². The van der Waals surface area contributed by atoms with E-state index in [1.165, 1.54) is 18.9 Å². The highest BCUT2D eigenvalue weighted by Crippen LogP contribution is 2.25. The van der Waals surface area contributed by atoms with Crippen LogP contribution in [0.4, 0.5) is 4.39 Å². The molecule has 4 heteroatoms. The average Bonchev–Trinajstić information content (AvgIpc) is 2.95. The van der Waals surface area contributed by atoms with E-state index in [9.17, 15) is 9.18 Å². The summed E-state index contributed by atoms with van der Waals surface area (Å²) >= 11 is 0. The molecule has 0 atom stereocenters. The summed E-state index contributed by atoms with van der Waals surface area (Å²) in [6.45, 7) is 3.28. The van der Waals surface area contributed by atoms with Crippen LogP contribution in [0.3, 0.4) is 0 Å². The maximum atomic E-state index is 13.4. The van der Waals surface area contributed by atoms with Crippen molar-refractivity contribution in [2.75, 3.05) is 27.2 Å². The summed E-state index contributed by atoms with van der Waals surface area (Å²) in [4.78, 5) is 16.9. The number of rotatable bonds is 5. The van der Waals surface area contributed by atoms with Crippen LogP contribution in [0.1, 0.15) is 41.6 Å². The summed E-state index contributed by atoms with van der Waals surface area (Å²) in [6, 6.07) is 4.99. The molecule has 0 spiro atoms. The van der Waals surface area contributed by atoms with Crippen LogP contribution in [0, 0.1) is 12.7 Å². The van der Waals surface area contributed by atoms with Crippen molar-refractivity contribution in [3.63, 3.8) is 0 Å². The first-order valence-corrected chi connectivity index (χ1v) is 7.71. The first-order valence-electron chi connectivity index (χ1n) is 7.71. The minimum atomic E-state index is -0.257. The molecule has 116 valence electrons. The number of hydrogen-bond acceptors (Lipinski definition) is 2. The van der Waals surface area contributed by atoms with E-state index in [4.69, 9.17) is 0 Å². The van der Waals surface area contributed by atoms with Crippen LogP contribution in [0.5, 0.6) is 0 Å². The fourth-order valence-corrected chi connectivity index (χ4v) is 2.92. The van der Waals surface area contributed by atoms with Gasteiger partial charge in [0.05, 0.1) is 0 Å². The minimum Gasteiger partial charge on any atom is -0.334 e. The lowest BCUT2D eigenvalue weighted by Gasteiger charge is -2.30. The zero-order chi connectivity index (χ0) is 15.4. The van der Waals surface area contributed by atoms with E-state index in [0.717, 1.165) is 25.9 Å². The van der Waals surface area contributed by atoms with Crippen molar-refractivity contribution in [3.8, 4) is 0 Å². The van der Waals surface area contributed by atoms with Crippen molar-refractivity contribution in [3.05, 3.63) is 35.1 Å². The molecule has 0 N–H and O–H groups in total. The number of carbonyl (C=O) groups is 1. The molecule has 0 aromatic heterocycles. The Morgan fingerprint density at radius 2 is 1.90 bits per heavy atom. The highest BCUT2D eigenvalue weighted by Gasteiger charge is 2.27. The van der Waals surface area contributed by atoms with Gasteiger partial charge in [-0.05, 0) is 57.6 Å². The van der Waals surface area contributed by atoms with E-state index < -0.39 is 0 Å². The number of benzene rings is 1. The fourth-order valence-electron chi connectivity index (χ4n) is 2.92. The Morgan fingerprint density at radius 1 is 1.24 bits per heavy atom. The second-order valence-corrected chi connectivity index (χ2v) is 6.20. The van der Waals surface area contributed by atoms with Gasteiger partial charge in [0.1, 0.15) is 5.82 Å². The van der Waals surface area contributed by atoms with Gasteiger partial charge in [-0.15, -0.1) is 0 Å². The molecule has 3 nitrogen and oxygen atoms in total. The molecule has 1 aliphatic rings. The molecular formula is C17H25FN2O. The Morgan fingerprint density at radius 3 is 2.48 bits per heavy atom. The van der Waals surface area contributed by atoms with Gasteiger partial charge < -0.3 is 9.80 Å². The summed E-state index contributed by atoms with van der Waals surface area (Å²) in [5.41, 5.74) is 1.12. The summed E-state index contributed by atoms with van der Waals surface area (Å²) in [5, 5.41) is 0. The lowest BCUT2D eigenvalue weighted by atomic mass is 10.1. The van der Waals surface area contributed by atoms with Gasteiger partial charge in [0.15, 0.2) is 0 Å². The van der Waals surface area contributed by atoms with Crippen molar-refractivity contribution in [1.29, 1.82) is 0 Å². The van der Waals surface area contributed by atoms with Crippen molar-refractivity contribution in [2.24, 2.45) is 0 Å². The normalized spacial score (nSPS) is 15.7. The number of amides is 1. The van der Waals surface area contributed by atoms with Gasteiger partial charge in [-0.2, -0.15) is 0 Å². The highest BCUT2D eigenvalue weighted by atomic mass is 19.1. The number of carbonyl (C=O) groups excluding carboxylic acids is 1. The Balaban J connectivity index is 2.17. The van der Waals surface area contributed by atoms with Crippen molar-refractivity contribution in [2.45, 2.75) is 38.6 Å². The first-order chi connectivity index (χ1) is 9.99. The van der Waals surface area contributed by atoms with Gasteiger partial charge in [0.2, 0.25) is 0 Å². The molecule has 1 saturated carbocycles. The predicted octanol–water partition coefficient (Wildman–Crippen LogP) is 3.08. The van der Waals surface area contributed by atoms with E-state index >= 15 is 0 Å². The van der Waals surface area contributed by atoms with Gasteiger partial charge in [-0.1, -0.05) is 12.8 Å². The van der Waals surface area contributed by atoms with Crippen LogP contribution in [-0.2, 0) is 0 Å². The standard InChI is InChI=1S/C17H25FN2O/c1-13-12-14(8-9-16(13)18)17(21)20(11-10-19(2)3)15-6-4-5-7-15/h8-9,12,15H,4-7,10-11H2,1-3H3.